The molecule has 2 N–H and O–H groups in total. The van der Waals surface area contributed by atoms with Crippen LogP contribution < -0.4 is 9.47 Å². The van der Waals surface area contributed by atoms with E-state index in [1.54, 1.807) is 0 Å². The van der Waals surface area contributed by atoms with E-state index in [-0.39, 0.29) is 0 Å². The second kappa shape index (κ2) is 5.32. The minimum absolute atomic E-state index is 0.292. The number of aliphatic hydroxyl groups excluding tert-OH is 1. The number of methoxy groups -OCH3 is 2. The third-order valence-electron chi connectivity index (χ3n) is 2.03. The van der Waals surface area contributed by atoms with Crippen molar-refractivity contribution in [1.29, 1.82) is 0 Å². The molecule has 0 bridgehead atoms. The standard InChI is InChI=1S/C10H13NO5/c1-15-8-5-11-9(16-2)3-6(8)7(12)4-10(13)14/h3,5,7,12H,4H2,1-2H3,(H,13,14)/t7-/m1/s1. The lowest BCUT2D eigenvalue weighted by Gasteiger charge is -2.13. The van der Waals surface area contributed by atoms with Gasteiger partial charge in [-0.25, -0.2) is 4.98 Å². The Morgan fingerprint density at radius 1 is 1.50 bits per heavy atom. The Morgan fingerprint density at radius 3 is 2.69 bits per heavy atom. The first-order valence-electron chi connectivity index (χ1n) is 4.56. The molecule has 1 heterocycles. The molecular formula is C10H13NO5. The lowest BCUT2D eigenvalue weighted by Crippen LogP contribution is -2.07. The quantitative estimate of drug-likeness (QED) is 0.766. The average molecular weight is 227 g/mol. The molecular weight excluding hydrogens is 214 g/mol. The fraction of sp³-hybridized carbons (Fsp3) is 0.400. The number of carboxylic acid groups (broad SMARTS) is 1. The molecule has 1 aromatic rings. The van der Waals surface area contributed by atoms with Crippen molar-refractivity contribution < 1.29 is 24.5 Å². The summed E-state index contributed by atoms with van der Waals surface area (Å²) >= 11 is 0. The maximum atomic E-state index is 10.5. The predicted octanol–water partition coefficient (Wildman–Crippen LogP) is 0.607. The molecule has 0 aliphatic rings. The van der Waals surface area contributed by atoms with E-state index in [2.05, 4.69) is 4.98 Å². The number of rotatable bonds is 5. The number of hydrogen-bond donors (Lipinski definition) is 2. The van der Waals surface area contributed by atoms with Gasteiger partial charge in [0.25, 0.3) is 0 Å². The third kappa shape index (κ3) is 2.83. The van der Waals surface area contributed by atoms with E-state index in [0.717, 1.165) is 0 Å². The molecule has 0 unspecified atom stereocenters. The van der Waals surface area contributed by atoms with E-state index in [1.807, 2.05) is 0 Å². The summed E-state index contributed by atoms with van der Waals surface area (Å²) in [4.78, 5) is 14.4. The molecule has 6 heteroatoms. The maximum Gasteiger partial charge on any atom is 0.306 e. The fourth-order valence-electron chi connectivity index (χ4n) is 1.26. The van der Waals surface area contributed by atoms with Crippen molar-refractivity contribution in [2.24, 2.45) is 0 Å². The Morgan fingerprint density at radius 2 is 2.19 bits per heavy atom. The molecule has 0 aromatic carbocycles. The summed E-state index contributed by atoms with van der Waals surface area (Å²) in [6.45, 7) is 0. The van der Waals surface area contributed by atoms with Crippen LogP contribution >= 0.6 is 0 Å². The summed E-state index contributed by atoms with van der Waals surface area (Å²) in [6.07, 6.45) is -0.174. The zero-order valence-electron chi connectivity index (χ0n) is 9.01. The maximum absolute atomic E-state index is 10.5. The lowest BCUT2D eigenvalue weighted by atomic mass is 10.1. The van der Waals surface area contributed by atoms with Gasteiger partial charge < -0.3 is 19.7 Å². The van der Waals surface area contributed by atoms with E-state index in [1.165, 1.54) is 26.5 Å². The summed E-state index contributed by atoms with van der Waals surface area (Å²) in [5, 5.41) is 18.3. The van der Waals surface area contributed by atoms with E-state index in [0.29, 0.717) is 17.2 Å². The number of hydrogen-bond acceptors (Lipinski definition) is 5. The second-order valence-corrected chi connectivity index (χ2v) is 3.08. The number of carbonyl (C=O) groups is 1. The van der Waals surface area contributed by atoms with Gasteiger partial charge in [-0.2, -0.15) is 0 Å². The number of nitrogens with zero attached hydrogens (tertiary/aromatic N) is 1. The minimum Gasteiger partial charge on any atom is -0.495 e. The summed E-state index contributed by atoms with van der Waals surface area (Å²) in [6, 6.07) is 1.45. The van der Waals surface area contributed by atoms with Gasteiger partial charge in [-0.05, 0) is 0 Å². The van der Waals surface area contributed by atoms with Crippen molar-refractivity contribution in [1.82, 2.24) is 4.98 Å². The Labute approximate surface area is 92.5 Å². The highest BCUT2D eigenvalue weighted by atomic mass is 16.5. The highest BCUT2D eigenvalue weighted by Gasteiger charge is 2.18. The van der Waals surface area contributed by atoms with Gasteiger partial charge >= 0.3 is 5.97 Å². The van der Waals surface area contributed by atoms with Crippen LogP contribution in [0.5, 0.6) is 11.6 Å². The van der Waals surface area contributed by atoms with Crippen LogP contribution in [0.2, 0.25) is 0 Å². The van der Waals surface area contributed by atoms with Crippen LogP contribution in [0.15, 0.2) is 12.3 Å². The van der Waals surface area contributed by atoms with Crippen molar-refractivity contribution >= 4 is 5.97 Å². The summed E-state index contributed by atoms with van der Waals surface area (Å²) in [5.74, 6) is -0.472. The predicted molar refractivity (Wildman–Crippen MR) is 54.6 cm³/mol. The first-order valence-corrected chi connectivity index (χ1v) is 4.56. The van der Waals surface area contributed by atoms with Gasteiger partial charge in [0, 0.05) is 11.6 Å². The summed E-state index contributed by atoms with van der Waals surface area (Å²) < 4.78 is 9.86. The Hall–Kier alpha value is -1.82. The smallest absolute Gasteiger partial charge is 0.306 e. The Kier molecular flexibility index (Phi) is 4.07. The molecule has 88 valence electrons. The lowest BCUT2D eigenvalue weighted by molar-refractivity contribution is -0.139. The van der Waals surface area contributed by atoms with Crippen LogP contribution in [0.4, 0.5) is 0 Å². The molecule has 1 atom stereocenters. The van der Waals surface area contributed by atoms with Crippen LogP contribution in [-0.4, -0.2) is 35.4 Å². The van der Waals surface area contributed by atoms with Gasteiger partial charge in [0.2, 0.25) is 5.88 Å². The number of aliphatic carboxylic acids is 1. The number of aliphatic hydroxyl groups is 1. The van der Waals surface area contributed by atoms with E-state index in [9.17, 15) is 9.90 Å². The number of carboxylic acids is 1. The minimum atomic E-state index is -1.15. The zero-order chi connectivity index (χ0) is 12.1. The van der Waals surface area contributed by atoms with Gasteiger partial charge in [0.15, 0.2) is 0 Å². The van der Waals surface area contributed by atoms with E-state index in [4.69, 9.17) is 14.6 Å². The molecule has 1 rings (SSSR count). The van der Waals surface area contributed by atoms with Crippen molar-refractivity contribution in [2.45, 2.75) is 12.5 Å². The molecule has 0 amide bonds. The topological polar surface area (TPSA) is 88.9 Å². The van der Waals surface area contributed by atoms with Crippen molar-refractivity contribution in [3.8, 4) is 11.6 Å². The third-order valence-corrected chi connectivity index (χ3v) is 2.03. The Balaban J connectivity index is 3.02. The first kappa shape index (κ1) is 12.3. The molecule has 0 radical (unpaired) electrons. The molecule has 0 aliphatic heterocycles. The second-order valence-electron chi connectivity index (χ2n) is 3.08. The van der Waals surface area contributed by atoms with E-state index < -0.39 is 18.5 Å². The molecule has 0 saturated heterocycles. The molecule has 0 aliphatic carbocycles. The number of aromatic nitrogens is 1. The molecule has 6 nitrogen and oxygen atoms in total. The van der Waals surface area contributed by atoms with Gasteiger partial charge in [-0.1, -0.05) is 0 Å². The molecule has 16 heavy (non-hydrogen) atoms. The van der Waals surface area contributed by atoms with E-state index >= 15 is 0 Å². The molecule has 0 spiro atoms. The molecule has 0 saturated carbocycles. The van der Waals surface area contributed by atoms with Crippen LogP contribution in [-0.2, 0) is 4.79 Å². The molecule has 1 aromatic heterocycles. The zero-order valence-corrected chi connectivity index (χ0v) is 9.01. The Bertz CT molecular complexity index is 379. The van der Waals surface area contributed by atoms with Gasteiger partial charge in [0.1, 0.15) is 5.75 Å². The van der Waals surface area contributed by atoms with Crippen molar-refractivity contribution in [3.05, 3.63) is 17.8 Å². The normalized spacial score (nSPS) is 11.9. The van der Waals surface area contributed by atoms with Crippen LogP contribution in [0.25, 0.3) is 0 Å². The van der Waals surface area contributed by atoms with Crippen molar-refractivity contribution in [2.75, 3.05) is 14.2 Å². The summed E-state index contributed by atoms with van der Waals surface area (Å²) in [5.41, 5.74) is 0.344. The van der Waals surface area contributed by atoms with Crippen LogP contribution in [0, 0.1) is 0 Å². The highest BCUT2D eigenvalue weighted by Crippen LogP contribution is 2.29. The van der Waals surface area contributed by atoms with Gasteiger partial charge in [0.05, 0.1) is 32.9 Å². The fourth-order valence-corrected chi connectivity index (χ4v) is 1.26. The SMILES string of the molecule is COc1cc([C@H](O)CC(=O)O)c(OC)cn1. The average Bonchev–Trinajstić information content (AvgIpc) is 2.27. The van der Waals surface area contributed by atoms with Crippen molar-refractivity contribution in [3.63, 3.8) is 0 Å². The van der Waals surface area contributed by atoms with Crippen LogP contribution in [0.3, 0.4) is 0 Å². The van der Waals surface area contributed by atoms with Gasteiger partial charge in [-0.3, -0.25) is 4.79 Å². The highest BCUT2D eigenvalue weighted by molar-refractivity contribution is 5.68. The largest absolute Gasteiger partial charge is 0.495 e. The molecule has 0 fully saturated rings. The van der Waals surface area contributed by atoms with Gasteiger partial charge in [-0.15, -0.1) is 0 Å². The first-order chi connectivity index (χ1) is 7.58. The summed E-state index contributed by atoms with van der Waals surface area (Å²) in [7, 11) is 2.85. The number of pyridine rings is 1. The number of ether oxygens (including phenoxy) is 2. The van der Waals surface area contributed by atoms with Crippen LogP contribution in [0.1, 0.15) is 18.1 Å². The monoisotopic (exact) mass is 227 g/mol.